The molecule has 0 radical (unpaired) electrons. The first-order chi connectivity index (χ1) is 14.7. The SMILES string of the molecule is O=C(Nc1cccc(NC(=O)C(c2ccccc2)c2ccccc2)c1)c1cccs1. The van der Waals surface area contributed by atoms with Gasteiger partial charge in [-0.1, -0.05) is 72.8 Å². The van der Waals surface area contributed by atoms with E-state index in [0.717, 1.165) is 11.1 Å². The molecular weight excluding hydrogens is 392 g/mol. The highest BCUT2D eigenvalue weighted by molar-refractivity contribution is 7.12. The zero-order valence-electron chi connectivity index (χ0n) is 16.1. The van der Waals surface area contributed by atoms with Gasteiger partial charge in [0.05, 0.1) is 10.8 Å². The van der Waals surface area contributed by atoms with Gasteiger partial charge in [-0.3, -0.25) is 9.59 Å². The van der Waals surface area contributed by atoms with Crippen LogP contribution in [-0.2, 0) is 4.79 Å². The van der Waals surface area contributed by atoms with Crippen LogP contribution in [-0.4, -0.2) is 11.8 Å². The molecule has 1 aromatic heterocycles. The van der Waals surface area contributed by atoms with Crippen LogP contribution in [0.25, 0.3) is 0 Å². The van der Waals surface area contributed by atoms with E-state index in [1.54, 1.807) is 24.3 Å². The number of hydrogen-bond acceptors (Lipinski definition) is 3. The lowest BCUT2D eigenvalue weighted by atomic mass is 9.90. The number of rotatable bonds is 6. The van der Waals surface area contributed by atoms with Crippen molar-refractivity contribution in [3.05, 3.63) is 118 Å². The minimum Gasteiger partial charge on any atom is -0.325 e. The molecule has 2 N–H and O–H groups in total. The number of nitrogens with one attached hydrogen (secondary N) is 2. The van der Waals surface area contributed by atoms with Gasteiger partial charge in [-0.15, -0.1) is 11.3 Å². The lowest BCUT2D eigenvalue weighted by molar-refractivity contribution is -0.116. The summed E-state index contributed by atoms with van der Waals surface area (Å²) in [6.45, 7) is 0. The number of thiophene rings is 1. The molecule has 0 atom stereocenters. The van der Waals surface area contributed by atoms with Crippen LogP contribution < -0.4 is 10.6 Å². The van der Waals surface area contributed by atoms with Crippen LogP contribution in [0.2, 0.25) is 0 Å². The van der Waals surface area contributed by atoms with E-state index in [9.17, 15) is 9.59 Å². The fourth-order valence-corrected chi connectivity index (χ4v) is 3.89. The zero-order chi connectivity index (χ0) is 20.8. The summed E-state index contributed by atoms with van der Waals surface area (Å²) in [6.07, 6.45) is 0. The lowest BCUT2D eigenvalue weighted by Crippen LogP contribution is -2.22. The van der Waals surface area contributed by atoms with Crippen LogP contribution in [0.3, 0.4) is 0 Å². The van der Waals surface area contributed by atoms with E-state index in [1.165, 1.54) is 11.3 Å². The summed E-state index contributed by atoms with van der Waals surface area (Å²) in [5.74, 6) is -0.731. The third kappa shape index (κ3) is 4.64. The Balaban J connectivity index is 1.55. The van der Waals surface area contributed by atoms with Crippen LogP contribution in [0.1, 0.15) is 26.7 Å². The van der Waals surface area contributed by atoms with Gasteiger partial charge in [-0.25, -0.2) is 0 Å². The maximum absolute atomic E-state index is 13.2. The Bertz CT molecular complexity index is 1090. The molecule has 3 aromatic carbocycles. The topological polar surface area (TPSA) is 58.2 Å². The molecule has 2 amide bonds. The standard InChI is InChI=1S/C25H20N2O2S/c28-24(22-15-8-16-30-22)26-20-13-7-14-21(17-20)27-25(29)23(18-9-3-1-4-10-18)19-11-5-2-6-12-19/h1-17,23H,(H,26,28)(H,27,29). The molecule has 0 fully saturated rings. The molecule has 30 heavy (non-hydrogen) atoms. The number of amides is 2. The van der Waals surface area contributed by atoms with Crippen LogP contribution in [0.5, 0.6) is 0 Å². The molecule has 0 aliphatic heterocycles. The number of hydrogen-bond donors (Lipinski definition) is 2. The minimum absolute atomic E-state index is 0.130. The van der Waals surface area contributed by atoms with Crippen LogP contribution in [0, 0.1) is 0 Å². The lowest BCUT2D eigenvalue weighted by Gasteiger charge is -2.18. The Hall–Kier alpha value is -3.70. The normalized spacial score (nSPS) is 10.6. The van der Waals surface area contributed by atoms with Crippen LogP contribution in [0.15, 0.2) is 102 Å². The maximum Gasteiger partial charge on any atom is 0.265 e. The second-order valence-electron chi connectivity index (χ2n) is 6.76. The summed E-state index contributed by atoms with van der Waals surface area (Å²) in [5, 5.41) is 7.73. The quantitative estimate of drug-likeness (QED) is 0.422. The van der Waals surface area contributed by atoms with Gasteiger partial charge in [0.1, 0.15) is 0 Å². The van der Waals surface area contributed by atoms with Crippen molar-refractivity contribution >= 4 is 34.5 Å². The number of anilines is 2. The molecule has 148 valence electrons. The summed E-state index contributed by atoms with van der Waals surface area (Å²) in [5.41, 5.74) is 3.09. The minimum atomic E-state index is -0.434. The van der Waals surface area contributed by atoms with E-state index in [2.05, 4.69) is 10.6 Å². The van der Waals surface area contributed by atoms with E-state index in [1.807, 2.05) is 78.2 Å². The smallest absolute Gasteiger partial charge is 0.265 e. The molecule has 0 aliphatic rings. The first-order valence-corrected chi connectivity index (χ1v) is 10.4. The number of carbonyl (C=O) groups excluding carboxylic acids is 2. The Kier molecular flexibility index (Phi) is 6.01. The molecule has 4 nitrogen and oxygen atoms in total. The Morgan fingerprint density at radius 3 is 1.83 bits per heavy atom. The highest BCUT2D eigenvalue weighted by atomic mass is 32.1. The average Bonchev–Trinajstić information content (AvgIpc) is 3.31. The molecule has 0 spiro atoms. The Morgan fingerprint density at radius 1 is 0.667 bits per heavy atom. The molecule has 4 rings (SSSR count). The Morgan fingerprint density at radius 2 is 1.27 bits per heavy atom. The van der Waals surface area contributed by atoms with Crippen molar-refractivity contribution in [2.24, 2.45) is 0 Å². The predicted molar refractivity (Wildman–Crippen MR) is 122 cm³/mol. The first-order valence-electron chi connectivity index (χ1n) is 9.56. The summed E-state index contributed by atoms with van der Waals surface area (Å²) in [7, 11) is 0. The number of carbonyl (C=O) groups is 2. The zero-order valence-corrected chi connectivity index (χ0v) is 16.9. The van der Waals surface area contributed by atoms with Gasteiger partial charge < -0.3 is 10.6 Å². The van der Waals surface area contributed by atoms with Crippen molar-refractivity contribution in [2.75, 3.05) is 10.6 Å². The highest BCUT2D eigenvalue weighted by Gasteiger charge is 2.22. The van der Waals surface area contributed by atoms with Gasteiger partial charge in [-0.05, 0) is 40.8 Å². The monoisotopic (exact) mass is 412 g/mol. The predicted octanol–water partition coefficient (Wildman–Crippen LogP) is 5.77. The fraction of sp³-hybridized carbons (Fsp3) is 0.0400. The van der Waals surface area contributed by atoms with Gasteiger partial charge in [0.15, 0.2) is 0 Å². The van der Waals surface area contributed by atoms with Gasteiger partial charge in [0, 0.05) is 11.4 Å². The highest BCUT2D eigenvalue weighted by Crippen LogP contribution is 2.27. The van der Waals surface area contributed by atoms with Gasteiger partial charge in [0.2, 0.25) is 5.91 Å². The van der Waals surface area contributed by atoms with Crippen LogP contribution in [0.4, 0.5) is 11.4 Å². The molecule has 4 aromatic rings. The van der Waals surface area contributed by atoms with Gasteiger partial charge >= 0.3 is 0 Å². The molecule has 1 heterocycles. The van der Waals surface area contributed by atoms with E-state index in [4.69, 9.17) is 0 Å². The van der Waals surface area contributed by atoms with Gasteiger partial charge in [-0.2, -0.15) is 0 Å². The van der Waals surface area contributed by atoms with Crippen molar-refractivity contribution in [1.82, 2.24) is 0 Å². The van der Waals surface area contributed by atoms with Crippen molar-refractivity contribution in [2.45, 2.75) is 5.92 Å². The molecule has 0 bridgehead atoms. The van der Waals surface area contributed by atoms with E-state index < -0.39 is 5.92 Å². The second-order valence-corrected chi connectivity index (χ2v) is 7.70. The molecule has 0 saturated heterocycles. The first kappa shape index (κ1) is 19.6. The molecule has 5 heteroatoms. The van der Waals surface area contributed by atoms with Crippen molar-refractivity contribution in [3.63, 3.8) is 0 Å². The van der Waals surface area contributed by atoms with Crippen molar-refractivity contribution in [3.8, 4) is 0 Å². The third-order valence-electron chi connectivity index (χ3n) is 4.66. The summed E-state index contributed by atoms with van der Waals surface area (Å²) >= 11 is 1.38. The van der Waals surface area contributed by atoms with Crippen LogP contribution >= 0.6 is 11.3 Å². The number of benzene rings is 3. The van der Waals surface area contributed by atoms with Crippen molar-refractivity contribution < 1.29 is 9.59 Å². The summed E-state index contributed by atoms with van der Waals surface area (Å²) in [4.78, 5) is 26.2. The maximum atomic E-state index is 13.2. The van der Waals surface area contributed by atoms with Gasteiger partial charge in [0.25, 0.3) is 5.91 Å². The second kappa shape index (κ2) is 9.20. The summed E-state index contributed by atoms with van der Waals surface area (Å²) in [6, 6.07) is 30.2. The Labute approximate surface area is 179 Å². The molecule has 0 unspecified atom stereocenters. The molecular formula is C25H20N2O2S. The molecule has 0 aliphatic carbocycles. The van der Waals surface area contributed by atoms with Crippen molar-refractivity contribution in [1.29, 1.82) is 0 Å². The van der Waals surface area contributed by atoms with E-state index in [-0.39, 0.29) is 11.8 Å². The third-order valence-corrected chi connectivity index (χ3v) is 5.53. The average molecular weight is 413 g/mol. The summed E-state index contributed by atoms with van der Waals surface area (Å²) < 4.78 is 0. The van der Waals surface area contributed by atoms with E-state index in [0.29, 0.717) is 16.3 Å². The largest absolute Gasteiger partial charge is 0.325 e. The van der Waals surface area contributed by atoms with E-state index >= 15 is 0 Å². The fourth-order valence-electron chi connectivity index (χ4n) is 3.28. The molecule has 0 saturated carbocycles.